The lowest BCUT2D eigenvalue weighted by molar-refractivity contribution is 0.238. The van der Waals surface area contributed by atoms with Crippen molar-refractivity contribution in [3.8, 4) is 5.75 Å². The van der Waals surface area contributed by atoms with Crippen molar-refractivity contribution in [3.63, 3.8) is 0 Å². The Morgan fingerprint density at radius 2 is 2.00 bits per heavy atom. The lowest BCUT2D eigenvalue weighted by Crippen LogP contribution is -2.42. The fraction of sp³-hybridized carbons (Fsp3) is 0.600. The van der Waals surface area contributed by atoms with Crippen molar-refractivity contribution in [1.29, 1.82) is 0 Å². The van der Waals surface area contributed by atoms with Crippen molar-refractivity contribution < 1.29 is 4.74 Å². The number of benzene rings is 1. The molecule has 1 aliphatic rings. The first kappa shape index (κ1) is 12.4. The summed E-state index contributed by atoms with van der Waals surface area (Å²) in [4.78, 5) is 0. The van der Waals surface area contributed by atoms with Gasteiger partial charge >= 0.3 is 0 Å². The molecule has 94 valence electrons. The van der Waals surface area contributed by atoms with E-state index < -0.39 is 0 Å². The van der Waals surface area contributed by atoms with Crippen LogP contribution in [0.3, 0.4) is 0 Å². The Labute approximate surface area is 104 Å². The van der Waals surface area contributed by atoms with Crippen molar-refractivity contribution in [1.82, 2.24) is 5.32 Å². The third-order valence-corrected chi connectivity index (χ3v) is 3.40. The van der Waals surface area contributed by atoms with E-state index in [9.17, 15) is 0 Å². The molecule has 2 rings (SSSR count). The fourth-order valence-corrected chi connectivity index (χ4v) is 2.03. The molecule has 2 nitrogen and oxygen atoms in total. The minimum Gasteiger partial charge on any atom is -0.494 e. The van der Waals surface area contributed by atoms with Crippen LogP contribution in [0.5, 0.6) is 5.75 Å². The first-order chi connectivity index (χ1) is 8.38. The van der Waals surface area contributed by atoms with Gasteiger partial charge in [-0.1, -0.05) is 25.5 Å². The average Bonchev–Trinajstić information content (AvgIpc) is 2.31. The zero-order valence-corrected chi connectivity index (χ0v) is 10.7. The number of unbranched alkanes of at least 4 members (excludes halogenated alkanes) is 1. The molecular formula is C15H23NO. The average molecular weight is 233 g/mol. The Morgan fingerprint density at radius 1 is 1.24 bits per heavy atom. The monoisotopic (exact) mass is 233 g/mol. The predicted octanol–water partition coefficient (Wildman–Crippen LogP) is 3.02. The van der Waals surface area contributed by atoms with Crippen LogP contribution in [-0.2, 0) is 6.42 Å². The van der Waals surface area contributed by atoms with E-state index >= 15 is 0 Å². The van der Waals surface area contributed by atoms with Gasteiger partial charge in [0.15, 0.2) is 0 Å². The van der Waals surface area contributed by atoms with Gasteiger partial charge in [-0.25, -0.2) is 0 Å². The van der Waals surface area contributed by atoms with E-state index in [0.717, 1.165) is 18.3 Å². The number of aryl methyl sites for hydroxylation is 1. The van der Waals surface area contributed by atoms with Crippen LogP contribution >= 0.6 is 0 Å². The molecule has 1 saturated heterocycles. The summed E-state index contributed by atoms with van der Waals surface area (Å²) in [6, 6.07) is 8.58. The number of nitrogens with one attached hydrogen (secondary N) is 1. The minimum absolute atomic E-state index is 0.832. The molecule has 1 aromatic carbocycles. The summed E-state index contributed by atoms with van der Waals surface area (Å²) in [5.74, 6) is 1.84. The number of hydrogen-bond acceptors (Lipinski definition) is 2. The van der Waals surface area contributed by atoms with Gasteiger partial charge in [0.2, 0.25) is 0 Å². The summed E-state index contributed by atoms with van der Waals surface area (Å²) in [5.41, 5.74) is 1.42. The SMILES string of the molecule is CCCCc1ccc(OCCC2CNC2)cc1. The highest BCUT2D eigenvalue weighted by molar-refractivity contribution is 5.27. The molecule has 2 heteroatoms. The minimum atomic E-state index is 0.832. The molecule has 0 bridgehead atoms. The predicted molar refractivity (Wildman–Crippen MR) is 71.5 cm³/mol. The summed E-state index contributed by atoms with van der Waals surface area (Å²) in [7, 11) is 0. The zero-order chi connectivity index (χ0) is 11.9. The van der Waals surface area contributed by atoms with Gasteiger partial charge in [-0.2, -0.15) is 0 Å². The second-order valence-electron chi connectivity index (χ2n) is 4.91. The molecular weight excluding hydrogens is 210 g/mol. The molecule has 1 aliphatic heterocycles. The second kappa shape index (κ2) is 6.65. The van der Waals surface area contributed by atoms with Gasteiger partial charge < -0.3 is 10.1 Å². The van der Waals surface area contributed by atoms with Gasteiger partial charge in [0.25, 0.3) is 0 Å². The van der Waals surface area contributed by atoms with E-state index in [4.69, 9.17) is 4.74 Å². The maximum atomic E-state index is 5.74. The Hall–Kier alpha value is -1.02. The summed E-state index contributed by atoms with van der Waals surface area (Å²) in [6.07, 6.45) is 4.89. The maximum Gasteiger partial charge on any atom is 0.119 e. The summed E-state index contributed by atoms with van der Waals surface area (Å²) in [5, 5.41) is 3.28. The Morgan fingerprint density at radius 3 is 2.59 bits per heavy atom. The molecule has 1 heterocycles. The van der Waals surface area contributed by atoms with E-state index in [1.165, 1.54) is 44.3 Å². The van der Waals surface area contributed by atoms with Crippen LogP contribution in [0.25, 0.3) is 0 Å². The maximum absolute atomic E-state index is 5.74. The van der Waals surface area contributed by atoms with Crippen molar-refractivity contribution in [2.75, 3.05) is 19.7 Å². The van der Waals surface area contributed by atoms with Crippen molar-refractivity contribution in [2.24, 2.45) is 5.92 Å². The first-order valence-electron chi connectivity index (χ1n) is 6.81. The number of rotatable bonds is 7. The zero-order valence-electron chi connectivity index (χ0n) is 10.7. The Balaban J connectivity index is 1.69. The van der Waals surface area contributed by atoms with Gasteiger partial charge in [0, 0.05) is 0 Å². The molecule has 0 radical (unpaired) electrons. The molecule has 0 amide bonds. The molecule has 0 saturated carbocycles. The van der Waals surface area contributed by atoms with Gasteiger partial charge in [0.1, 0.15) is 5.75 Å². The fourth-order valence-electron chi connectivity index (χ4n) is 2.03. The summed E-state index contributed by atoms with van der Waals surface area (Å²) < 4.78 is 5.74. The second-order valence-corrected chi connectivity index (χ2v) is 4.91. The molecule has 0 unspecified atom stereocenters. The first-order valence-corrected chi connectivity index (χ1v) is 6.81. The highest BCUT2D eigenvalue weighted by Crippen LogP contribution is 2.15. The van der Waals surface area contributed by atoms with Crippen molar-refractivity contribution in [2.45, 2.75) is 32.6 Å². The molecule has 0 spiro atoms. The van der Waals surface area contributed by atoms with Gasteiger partial charge in [-0.05, 0) is 56.0 Å². The van der Waals surface area contributed by atoms with Crippen LogP contribution in [0.1, 0.15) is 31.7 Å². The standard InChI is InChI=1S/C15H23NO/c1-2-3-4-13-5-7-15(8-6-13)17-10-9-14-11-16-12-14/h5-8,14,16H,2-4,9-12H2,1H3. The smallest absolute Gasteiger partial charge is 0.119 e. The number of ether oxygens (including phenoxy) is 1. The van der Waals surface area contributed by atoms with Crippen LogP contribution in [0.15, 0.2) is 24.3 Å². The molecule has 0 aromatic heterocycles. The lowest BCUT2D eigenvalue weighted by Gasteiger charge is -2.26. The van der Waals surface area contributed by atoms with Gasteiger partial charge in [-0.3, -0.25) is 0 Å². The van der Waals surface area contributed by atoms with E-state index in [0.29, 0.717) is 0 Å². The summed E-state index contributed by atoms with van der Waals surface area (Å²) in [6.45, 7) is 5.41. The molecule has 17 heavy (non-hydrogen) atoms. The highest BCUT2D eigenvalue weighted by atomic mass is 16.5. The Kier molecular flexibility index (Phi) is 4.87. The normalized spacial score (nSPS) is 15.6. The molecule has 1 N–H and O–H groups in total. The summed E-state index contributed by atoms with van der Waals surface area (Å²) >= 11 is 0. The van der Waals surface area contributed by atoms with Crippen LogP contribution in [0.2, 0.25) is 0 Å². The van der Waals surface area contributed by atoms with Crippen molar-refractivity contribution in [3.05, 3.63) is 29.8 Å². The van der Waals surface area contributed by atoms with Crippen LogP contribution < -0.4 is 10.1 Å². The van der Waals surface area contributed by atoms with Crippen molar-refractivity contribution >= 4 is 0 Å². The van der Waals surface area contributed by atoms with Crippen LogP contribution in [0.4, 0.5) is 0 Å². The lowest BCUT2D eigenvalue weighted by atomic mass is 10.0. The number of hydrogen-bond donors (Lipinski definition) is 1. The third-order valence-electron chi connectivity index (χ3n) is 3.40. The Bertz CT molecular complexity index is 316. The van der Waals surface area contributed by atoms with E-state index in [-0.39, 0.29) is 0 Å². The van der Waals surface area contributed by atoms with E-state index in [1.807, 2.05) is 0 Å². The van der Waals surface area contributed by atoms with Gasteiger partial charge in [0.05, 0.1) is 6.61 Å². The van der Waals surface area contributed by atoms with E-state index in [2.05, 4.69) is 36.5 Å². The topological polar surface area (TPSA) is 21.3 Å². The van der Waals surface area contributed by atoms with Gasteiger partial charge in [-0.15, -0.1) is 0 Å². The molecule has 0 aliphatic carbocycles. The molecule has 1 aromatic rings. The molecule has 1 fully saturated rings. The van der Waals surface area contributed by atoms with Crippen LogP contribution in [-0.4, -0.2) is 19.7 Å². The molecule has 0 atom stereocenters. The third kappa shape index (κ3) is 4.04. The largest absolute Gasteiger partial charge is 0.494 e. The quantitative estimate of drug-likeness (QED) is 0.781. The van der Waals surface area contributed by atoms with Crippen LogP contribution in [0, 0.1) is 5.92 Å². The van der Waals surface area contributed by atoms with E-state index in [1.54, 1.807) is 0 Å². The highest BCUT2D eigenvalue weighted by Gasteiger charge is 2.15.